The van der Waals surface area contributed by atoms with Crippen LogP contribution in [0.2, 0.25) is 0 Å². The van der Waals surface area contributed by atoms with Crippen LogP contribution < -0.4 is 5.32 Å². The molecule has 0 radical (unpaired) electrons. The Kier molecular flexibility index (Phi) is 2.37. The number of nitrogens with one attached hydrogen (secondary N) is 1. The smallest absolute Gasteiger partial charge is 0.0231 e. The van der Waals surface area contributed by atoms with Gasteiger partial charge in [0.15, 0.2) is 0 Å². The highest BCUT2D eigenvalue weighted by Crippen LogP contribution is 2.33. The van der Waals surface area contributed by atoms with E-state index in [0.29, 0.717) is 5.54 Å². The third-order valence-corrected chi connectivity index (χ3v) is 3.72. The first kappa shape index (κ1) is 8.52. The number of rotatable bonds is 2. The average molecular weight is 168 g/mol. The Morgan fingerprint density at radius 2 is 1.92 bits per heavy atom. The lowest BCUT2D eigenvalue weighted by Gasteiger charge is -2.51. The molecule has 0 aliphatic carbocycles. The van der Waals surface area contributed by atoms with Gasteiger partial charge in [0.1, 0.15) is 0 Å². The van der Waals surface area contributed by atoms with Crippen molar-refractivity contribution in [2.75, 3.05) is 26.2 Å². The van der Waals surface area contributed by atoms with Crippen molar-refractivity contribution in [1.82, 2.24) is 10.2 Å². The quantitative estimate of drug-likeness (QED) is 0.667. The van der Waals surface area contributed by atoms with Gasteiger partial charge < -0.3 is 5.32 Å². The second kappa shape index (κ2) is 3.35. The van der Waals surface area contributed by atoms with E-state index in [1.165, 1.54) is 51.9 Å². The van der Waals surface area contributed by atoms with E-state index in [2.05, 4.69) is 17.1 Å². The normalized spacial score (nSPS) is 29.8. The van der Waals surface area contributed by atoms with E-state index in [1.807, 2.05) is 0 Å². The van der Waals surface area contributed by atoms with Crippen molar-refractivity contribution in [3.8, 4) is 0 Å². The van der Waals surface area contributed by atoms with E-state index in [0.717, 1.165) is 0 Å². The molecule has 2 nitrogen and oxygen atoms in total. The third kappa shape index (κ3) is 1.27. The molecule has 70 valence electrons. The highest BCUT2D eigenvalue weighted by Gasteiger charge is 2.38. The molecule has 0 spiro atoms. The maximum Gasteiger partial charge on any atom is 0.0231 e. The maximum absolute atomic E-state index is 3.45. The van der Waals surface area contributed by atoms with E-state index in [9.17, 15) is 0 Å². The first-order valence-corrected chi connectivity index (χ1v) is 5.33. The van der Waals surface area contributed by atoms with Crippen molar-refractivity contribution in [2.24, 2.45) is 0 Å². The van der Waals surface area contributed by atoms with Gasteiger partial charge in [-0.1, -0.05) is 6.92 Å². The first-order valence-electron chi connectivity index (χ1n) is 5.33. The van der Waals surface area contributed by atoms with Crippen LogP contribution in [0.3, 0.4) is 0 Å². The van der Waals surface area contributed by atoms with Gasteiger partial charge in [-0.3, -0.25) is 4.90 Å². The van der Waals surface area contributed by atoms with E-state index >= 15 is 0 Å². The summed E-state index contributed by atoms with van der Waals surface area (Å²) in [5, 5.41) is 3.45. The van der Waals surface area contributed by atoms with E-state index in [4.69, 9.17) is 0 Å². The SMILES string of the molecule is CCC1(N2CCC2)CCNCC1. The number of piperidine rings is 1. The van der Waals surface area contributed by atoms with Crippen LogP contribution in [0, 0.1) is 0 Å². The van der Waals surface area contributed by atoms with Gasteiger partial charge in [-0.2, -0.15) is 0 Å². The molecule has 0 saturated carbocycles. The van der Waals surface area contributed by atoms with Crippen LogP contribution >= 0.6 is 0 Å². The molecule has 0 amide bonds. The molecular formula is C10H20N2. The van der Waals surface area contributed by atoms with Crippen molar-refractivity contribution in [3.05, 3.63) is 0 Å². The van der Waals surface area contributed by atoms with Crippen LogP contribution in [0.25, 0.3) is 0 Å². The van der Waals surface area contributed by atoms with E-state index in [-0.39, 0.29) is 0 Å². The number of likely N-dealkylation sites (tertiary alicyclic amines) is 1. The molecular weight excluding hydrogens is 148 g/mol. The topological polar surface area (TPSA) is 15.3 Å². The minimum absolute atomic E-state index is 0.587. The summed E-state index contributed by atoms with van der Waals surface area (Å²) in [6, 6.07) is 0. The molecule has 2 heterocycles. The molecule has 0 bridgehead atoms. The van der Waals surface area contributed by atoms with Crippen LogP contribution in [0.4, 0.5) is 0 Å². The number of nitrogens with zero attached hydrogens (tertiary/aromatic N) is 1. The maximum atomic E-state index is 3.45. The molecule has 2 rings (SSSR count). The summed E-state index contributed by atoms with van der Waals surface area (Å²) in [7, 11) is 0. The Labute approximate surface area is 75.3 Å². The van der Waals surface area contributed by atoms with Crippen molar-refractivity contribution in [2.45, 2.75) is 38.1 Å². The summed E-state index contributed by atoms with van der Waals surface area (Å²) in [6.45, 7) is 7.51. The van der Waals surface area contributed by atoms with Gasteiger partial charge in [0.25, 0.3) is 0 Å². The first-order chi connectivity index (χ1) is 5.87. The average Bonchev–Trinajstić information content (AvgIpc) is 2.03. The van der Waals surface area contributed by atoms with Gasteiger partial charge in [-0.25, -0.2) is 0 Å². The largest absolute Gasteiger partial charge is 0.317 e. The predicted octanol–water partition coefficient (Wildman–Crippen LogP) is 1.22. The zero-order valence-electron chi connectivity index (χ0n) is 8.10. The molecule has 0 aromatic heterocycles. The molecule has 2 saturated heterocycles. The second-order valence-electron chi connectivity index (χ2n) is 4.17. The Morgan fingerprint density at radius 1 is 1.25 bits per heavy atom. The molecule has 12 heavy (non-hydrogen) atoms. The van der Waals surface area contributed by atoms with Gasteiger partial charge in [0.2, 0.25) is 0 Å². The summed E-state index contributed by atoms with van der Waals surface area (Å²) in [5.74, 6) is 0. The lowest BCUT2D eigenvalue weighted by Crippen LogP contribution is -2.59. The second-order valence-corrected chi connectivity index (χ2v) is 4.17. The predicted molar refractivity (Wildman–Crippen MR) is 51.3 cm³/mol. The fourth-order valence-electron chi connectivity index (χ4n) is 2.58. The fraction of sp³-hybridized carbons (Fsp3) is 1.00. The minimum atomic E-state index is 0.587. The lowest BCUT2D eigenvalue weighted by atomic mass is 9.82. The molecule has 2 heteroatoms. The zero-order chi connectivity index (χ0) is 8.44. The van der Waals surface area contributed by atoms with E-state index in [1.54, 1.807) is 0 Å². The van der Waals surface area contributed by atoms with Crippen molar-refractivity contribution in [1.29, 1.82) is 0 Å². The molecule has 0 unspecified atom stereocenters. The Morgan fingerprint density at radius 3 is 2.33 bits per heavy atom. The summed E-state index contributed by atoms with van der Waals surface area (Å²) >= 11 is 0. The van der Waals surface area contributed by atoms with Crippen molar-refractivity contribution in [3.63, 3.8) is 0 Å². The summed E-state index contributed by atoms with van der Waals surface area (Å²) < 4.78 is 0. The third-order valence-electron chi connectivity index (χ3n) is 3.72. The van der Waals surface area contributed by atoms with Gasteiger partial charge in [-0.05, 0) is 51.9 Å². The summed E-state index contributed by atoms with van der Waals surface area (Å²) in [4.78, 5) is 2.70. The number of hydrogen-bond donors (Lipinski definition) is 1. The van der Waals surface area contributed by atoms with Crippen LogP contribution in [0.5, 0.6) is 0 Å². The van der Waals surface area contributed by atoms with Crippen molar-refractivity contribution < 1.29 is 0 Å². The van der Waals surface area contributed by atoms with Crippen LogP contribution in [0.15, 0.2) is 0 Å². The lowest BCUT2D eigenvalue weighted by molar-refractivity contribution is 0.00307. The van der Waals surface area contributed by atoms with Crippen LogP contribution in [0.1, 0.15) is 32.6 Å². The molecule has 1 N–H and O–H groups in total. The fourth-order valence-corrected chi connectivity index (χ4v) is 2.58. The van der Waals surface area contributed by atoms with Gasteiger partial charge in [-0.15, -0.1) is 0 Å². The Bertz CT molecular complexity index is 146. The monoisotopic (exact) mass is 168 g/mol. The van der Waals surface area contributed by atoms with Gasteiger partial charge in [0, 0.05) is 5.54 Å². The number of hydrogen-bond acceptors (Lipinski definition) is 2. The summed E-state index contributed by atoms with van der Waals surface area (Å²) in [5.41, 5.74) is 0.587. The van der Waals surface area contributed by atoms with Crippen LogP contribution in [-0.2, 0) is 0 Å². The highest BCUT2D eigenvalue weighted by atomic mass is 15.2. The summed E-state index contributed by atoms with van der Waals surface area (Å²) in [6.07, 6.45) is 5.50. The van der Waals surface area contributed by atoms with Crippen LogP contribution in [-0.4, -0.2) is 36.6 Å². The van der Waals surface area contributed by atoms with Crippen molar-refractivity contribution >= 4 is 0 Å². The van der Waals surface area contributed by atoms with Gasteiger partial charge in [0.05, 0.1) is 0 Å². The standard InChI is InChI=1S/C10H20N2/c1-2-10(12-8-3-9-12)4-6-11-7-5-10/h11H,2-9H2,1H3. The Hall–Kier alpha value is -0.0800. The Balaban J connectivity index is 2.00. The highest BCUT2D eigenvalue weighted by molar-refractivity contribution is 4.96. The molecule has 2 fully saturated rings. The zero-order valence-corrected chi connectivity index (χ0v) is 8.10. The van der Waals surface area contributed by atoms with E-state index < -0.39 is 0 Å². The molecule has 0 aromatic rings. The minimum Gasteiger partial charge on any atom is -0.317 e. The molecule has 2 aliphatic heterocycles. The molecule has 0 aromatic carbocycles. The van der Waals surface area contributed by atoms with Gasteiger partial charge >= 0.3 is 0 Å². The molecule has 0 atom stereocenters. The molecule has 2 aliphatic rings.